The minimum absolute atomic E-state index is 0.0186. The first-order valence-electron chi connectivity index (χ1n) is 9.92. The van der Waals surface area contributed by atoms with Crippen LogP contribution in [0.15, 0.2) is 42.5 Å². The summed E-state index contributed by atoms with van der Waals surface area (Å²) in [6.45, 7) is 7.99. The zero-order chi connectivity index (χ0) is 19.5. The highest BCUT2D eigenvalue weighted by Crippen LogP contribution is 2.30. The van der Waals surface area contributed by atoms with Crippen LogP contribution in [0.3, 0.4) is 0 Å². The van der Waals surface area contributed by atoms with Crippen LogP contribution in [0.5, 0.6) is 5.75 Å². The van der Waals surface area contributed by atoms with E-state index in [-0.39, 0.29) is 11.8 Å². The van der Waals surface area contributed by atoms with Crippen molar-refractivity contribution in [2.75, 3.05) is 49.5 Å². The Morgan fingerprint density at radius 3 is 2.61 bits per heavy atom. The lowest BCUT2D eigenvalue weighted by molar-refractivity contribution is -0.121. The zero-order valence-corrected chi connectivity index (χ0v) is 16.9. The number of anilines is 2. The van der Waals surface area contributed by atoms with Crippen LogP contribution in [0.25, 0.3) is 0 Å². The van der Waals surface area contributed by atoms with Crippen molar-refractivity contribution in [2.24, 2.45) is 5.92 Å². The molecule has 28 heavy (non-hydrogen) atoms. The molecule has 2 aliphatic heterocycles. The number of hydrogen-bond acceptors (Lipinski definition) is 4. The van der Waals surface area contributed by atoms with E-state index < -0.39 is 0 Å². The van der Waals surface area contributed by atoms with E-state index in [0.717, 1.165) is 49.7 Å². The van der Waals surface area contributed by atoms with Gasteiger partial charge >= 0.3 is 0 Å². The van der Waals surface area contributed by atoms with E-state index >= 15 is 0 Å². The van der Waals surface area contributed by atoms with Crippen molar-refractivity contribution in [1.29, 1.82) is 0 Å². The molecule has 1 atom stereocenters. The molecule has 0 saturated carbocycles. The lowest BCUT2D eigenvalue weighted by atomic mass is 9.96. The number of hydrogen-bond donors (Lipinski definition) is 1. The Bertz CT molecular complexity index is 832. The fraction of sp³-hybridized carbons (Fsp3) is 0.409. The van der Waals surface area contributed by atoms with Crippen LogP contribution in [0, 0.1) is 5.92 Å². The molecule has 2 heterocycles. The van der Waals surface area contributed by atoms with Crippen molar-refractivity contribution in [2.45, 2.75) is 13.3 Å². The summed E-state index contributed by atoms with van der Waals surface area (Å²) < 4.78 is 5.74. The quantitative estimate of drug-likeness (QED) is 0.851. The molecule has 1 N–H and O–H groups in total. The smallest absolute Gasteiger partial charge is 0.231 e. The number of piperazine rings is 1. The van der Waals surface area contributed by atoms with Crippen LogP contribution in [0.2, 0.25) is 5.02 Å². The number of carbonyl (C=O) groups excluding carboxylic acids is 1. The molecule has 5 nitrogen and oxygen atoms in total. The molecular formula is C22H26ClN3O2. The van der Waals surface area contributed by atoms with Crippen molar-refractivity contribution in [3.8, 4) is 5.75 Å². The van der Waals surface area contributed by atoms with Gasteiger partial charge < -0.3 is 19.9 Å². The van der Waals surface area contributed by atoms with Crippen LogP contribution in [0.1, 0.15) is 12.5 Å². The summed E-state index contributed by atoms with van der Waals surface area (Å²) in [5.74, 6) is 0.587. The minimum atomic E-state index is -0.215. The summed E-state index contributed by atoms with van der Waals surface area (Å²) in [5.41, 5.74) is 3.01. The second-order valence-corrected chi connectivity index (χ2v) is 7.86. The van der Waals surface area contributed by atoms with Crippen LogP contribution in [-0.4, -0.2) is 50.1 Å². The van der Waals surface area contributed by atoms with Crippen molar-refractivity contribution in [3.05, 3.63) is 53.1 Å². The van der Waals surface area contributed by atoms with Gasteiger partial charge in [0.2, 0.25) is 5.91 Å². The van der Waals surface area contributed by atoms with Gasteiger partial charge in [0.1, 0.15) is 12.4 Å². The second kappa shape index (κ2) is 8.41. The lowest BCUT2D eigenvalue weighted by Crippen LogP contribution is -2.46. The van der Waals surface area contributed by atoms with E-state index in [4.69, 9.17) is 16.3 Å². The fourth-order valence-corrected chi connectivity index (χ4v) is 4.05. The molecule has 1 amide bonds. The summed E-state index contributed by atoms with van der Waals surface area (Å²) in [5, 5.41) is 3.69. The number of rotatable bonds is 4. The van der Waals surface area contributed by atoms with Gasteiger partial charge in [-0.2, -0.15) is 0 Å². The van der Waals surface area contributed by atoms with E-state index in [9.17, 15) is 4.79 Å². The summed E-state index contributed by atoms with van der Waals surface area (Å²) >= 11 is 6.07. The molecule has 6 heteroatoms. The monoisotopic (exact) mass is 399 g/mol. The predicted molar refractivity (Wildman–Crippen MR) is 114 cm³/mol. The molecular weight excluding hydrogens is 374 g/mol. The standard InChI is InChI=1S/C22H26ClN3O2/c1-2-25-9-11-26(12-10-25)20-6-4-19(5-7-20)24-22(27)17-13-16-14-18(23)3-8-21(16)28-15-17/h3-8,14,17H,2,9-13,15H2,1H3,(H,24,27)/t17-/m1/s1. The van der Waals surface area contributed by atoms with E-state index in [1.54, 1.807) is 0 Å². The van der Waals surface area contributed by atoms with E-state index in [1.807, 2.05) is 30.3 Å². The van der Waals surface area contributed by atoms with Gasteiger partial charge in [0.15, 0.2) is 0 Å². The summed E-state index contributed by atoms with van der Waals surface area (Å²) in [6, 6.07) is 13.7. The fourth-order valence-electron chi connectivity index (χ4n) is 3.85. The minimum Gasteiger partial charge on any atom is -0.492 e. The first-order valence-corrected chi connectivity index (χ1v) is 10.3. The number of halogens is 1. The zero-order valence-electron chi connectivity index (χ0n) is 16.2. The number of nitrogens with zero attached hydrogens (tertiary/aromatic N) is 2. The second-order valence-electron chi connectivity index (χ2n) is 7.42. The van der Waals surface area contributed by atoms with Gasteiger partial charge in [-0.3, -0.25) is 4.79 Å². The Kier molecular flexibility index (Phi) is 5.74. The highest BCUT2D eigenvalue weighted by molar-refractivity contribution is 6.30. The first-order chi connectivity index (χ1) is 13.6. The molecule has 0 aliphatic carbocycles. The number of amides is 1. The number of likely N-dealkylation sites (N-methyl/N-ethyl adjacent to an activating group) is 1. The molecule has 2 aromatic carbocycles. The van der Waals surface area contributed by atoms with Crippen LogP contribution in [-0.2, 0) is 11.2 Å². The maximum absolute atomic E-state index is 12.7. The number of carbonyl (C=O) groups is 1. The van der Waals surface area contributed by atoms with Gasteiger partial charge in [-0.15, -0.1) is 0 Å². The van der Waals surface area contributed by atoms with E-state index in [1.165, 1.54) is 5.69 Å². The third-order valence-corrected chi connectivity index (χ3v) is 5.85. The van der Waals surface area contributed by atoms with E-state index in [0.29, 0.717) is 18.1 Å². The van der Waals surface area contributed by atoms with Crippen molar-refractivity contribution in [1.82, 2.24) is 4.90 Å². The molecule has 0 bridgehead atoms. The first kappa shape index (κ1) is 19.1. The number of fused-ring (bicyclic) bond motifs is 1. The van der Waals surface area contributed by atoms with Gasteiger partial charge in [0, 0.05) is 42.6 Å². The Morgan fingerprint density at radius 1 is 1.14 bits per heavy atom. The Morgan fingerprint density at radius 2 is 1.89 bits per heavy atom. The van der Waals surface area contributed by atoms with Crippen molar-refractivity contribution in [3.63, 3.8) is 0 Å². The van der Waals surface area contributed by atoms with Gasteiger partial charge in [0.05, 0.1) is 5.92 Å². The Balaban J connectivity index is 1.35. The molecule has 2 aliphatic rings. The third-order valence-electron chi connectivity index (χ3n) is 5.62. The number of ether oxygens (including phenoxy) is 1. The highest BCUT2D eigenvalue weighted by Gasteiger charge is 2.26. The van der Waals surface area contributed by atoms with Crippen molar-refractivity contribution >= 4 is 28.9 Å². The van der Waals surface area contributed by atoms with Crippen LogP contribution >= 0.6 is 11.6 Å². The molecule has 0 spiro atoms. The predicted octanol–water partition coefficient (Wildman–Crippen LogP) is 3.67. The molecule has 1 saturated heterocycles. The van der Waals surface area contributed by atoms with Gasteiger partial charge in [-0.25, -0.2) is 0 Å². The molecule has 0 unspecified atom stereocenters. The topological polar surface area (TPSA) is 44.8 Å². The average Bonchev–Trinajstić information content (AvgIpc) is 2.74. The molecule has 148 valence electrons. The summed E-state index contributed by atoms with van der Waals surface area (Å²) in [7, 11) is 0. The lowest BCUT2D eigenvalue weighted by Gasteiger charge is -2.35. The van der Waals surface area contributed by atoms with E-state index in [2.05, 4.69) is 34.2 Å². The number of nitrogens with one attached hydrogen (secondary N) is 1. The van der Waals surface area contributed by atoms with Gasteiger partial charge in [0.25, 0.3) is 0 Å². The molecule has 0 radical (unpaired) electrons. The number of benzene rings is 2. The maximum atomic E-state index is 12.7. The maximum Gasteiger partial charge on any atom is 0.231 e. The van der Waals surface area contributed by atoms with Crippen LogP contribution < -0.4 is 15.0 Å². The van der Waals surface area contributed by atoms with Crippen molar-refractivity contribution < 1.29 is 9.53 Å². The average molecular weight is 400 g/mol. The molecule has 4 rings (SSSR count). The van der Waals surface area contributed by atoms with Crippen LogP contribution in [0.4, 0.5) is 11.4 Å². The molecule has 0 aromatic heterocycles. The third kappa shape index (κ3) is 4.26. The summed E-state index contributed by atoms with van der Waals surface area (Å²) in [6.07, 6.45) is 0.640. The summed E-state index contributed by atoms with van der Waals surface area (Å²) in [4.78, 5) is 17.5. The van der Waals surface area contributed by atoms with Gasteiger partial charge in [-0.05, 0) is 61.0 Å². The molecule has 2 aromatic rings. The molecule has 1 fully saturated rings. The Hall–Kier alpha value is -2.24. The Labute approximate surface area is 171 Å². The highest BCUT2D eigenvalue weighted by atomic mass is 35.5. The SMILES string of the molecule is CCN1CCN(c2ccc(NC(=O)[C@H]3COc4ccc(Cl)cc4C3)cc2)CC1. The largest absolute Gasteiger partial charge is 0.492 e. The normalized spacial score (nSPS) is 19.6. The van der Waals surface area contributed by atoms with Gasteiger partial charge in [-0.1, -0.05) is 18.5 Å².